The van der Waals surface area contributed by atoms with Crippen molar-refractivity contribution in [1.82, 2.24) is 19.6 Å². The number of fused-ring (bicyclic) bond motifs is 1. The lowest BCUT2D eigenvalue weighted by Gasteiger charge is -2.45. The Morgan fingerprint density at radius 2 is 1.86 bits per heavy atom. The average molecular weight is 395 g/mol. The smallest absolute Gasteiger partial charge is 0.275 e. The van der Waals surface area contributed by atoms with Crippen LogP contribution in [0.2, 0.25) is 0 Å². The summed E-state index contributed by atoms with van der Waals surface area (Å²) in [6, 6.07) is 11.9. The quantitative estimate of drug-likeness (QED) is 0.783. The Morgan fingerprint density at radius 1 is 1.10 bits per heavy atom. The minimum atomic E-state index is -0.378. The highest BCUT2D eigenvalue weighted by Crippen LogP contribution is 2.48. The zero-order chi connectivity index (χ0) is 20.6. The van der Waals surface area contributed by atoms with E-state index in [-0.39, 0.29) is 29.4 Å². The first-order chi connectivity index (χ1) is 13.9. The van der Waals surface area contributed by atoms with Gasteiger partial charge in [0.1, 0.15) is 5.69 Å². The molecule has 0 bridgehead atoms. The van der Waals surface area contributed by atoms with Gasteiger partial charge in [0.2, 0.25) is 5.91 Å². The summed E-state index contributed by atoms with van der Waals surface area (Å²) in [7, 11) is 1.83. The molecule has 0 aliphatic carbocycles. The maximum absolute atomic E-state index is 13.7. The van der Waals surface area contributed by atoms with Crippen LogP contribution in [0.25, 0.3) is 0 Å². The van der Waals surface area contributed by atoms with E-state index >= 15 is 0 Å². The van der Waals surface area contributed by atoms with Crippen LogP contribution < -0.4 is 0 Å². The maximum Gasteiger partial charge on any atom is 0.275 e. The Labute approximate surface area is 172 Å². The molecule has 2 amide bonds. The number of aromatic nitrogens is 2. The van der Waals surface area contributed by atoms with Crippen molar-refractivity contribution >= 4 is 11.8 Å². The van der Waals surface area contributed by atoms with Crippen LogP contribution in [0, 0.1) is 0 Å². The highest BCUT2D eigenvalue weighted by atomic mass is 16.2. The molecule has 2 fully saturated rings. The molecule has 1 aromatic heterocycles. The molecule has 0 saturated carbocycles. The van der Waals surface area contributed by atoms with Gasteiger partial charge in [-0.3, -0.25) is 14.3 Å². The van der Waals surface area contributed by atoms with E-state index in [1.807, 2.05) is 35.0 Å². The van der Waals surface area contributed by atoms with Crippen molar-refractivity contribution in [3.8, 4) is 0 Å². The first kappa shape index (κ1) is 19.7. The van der Waals surface area contributed by atoms with E-state index in [9.17, 15) is 9.59 Å². The van der Waals surface area contributed by atoms with E-state index < -0.39 is 0 Å². The van der Waals surface area contributed by atoms with Gasteiger partial charge in [0.05, 0.1) is 17.6 Å². The van der Waals surface area contributed by atoms with Gasteiger partial charge in [0.25, 0.3) is 5.91 Å². The third kappa shape index (κ3) is 3.45. The summed E-state index contributed by atoms with van der Waals surface area (Å²) in [6.45, 7) is 4.59. The molecule has 2 aromatic rings. The highest BCUT2D eigenvalue weighted by molar-refractivity contribution is 5.93. The molecule has 3 atom stereocenters. The number of carbonyl (C=O) groups excluding carboxylic acids is 2. The molecule has 0 spiro atoms. The second kappa shape index (κ2) is 7.65. The van der Waals surface area contributed by atoms with E-state index in [1.54, 1.807) is 23.9 Å². The number of likely N-dealkylation sites (tertiary alicyclic amines) is 2. The Morgan fingerprint density at radius 3 is 2.52 bits per heavy atom. The van der Waals surface area contributed by atoms with Gasteiger partial charge in [0, 0.05) is 26.7 Å². The second-order valence-electron chi connectivity index (χ2n) is 8.61. The monoisotopic (exact) mass is 394 g/mol. The molecule has 2 saturated heterocycles. The number of amides is 2. The van der Waals surface area contributed by atoms with E-state index in [0.29, 0.717) is 5.69 Å². The molecular weight excluding hydrogens is 364 g/mol. The lowest BCUT2D eigenvalue weighted by atomic mass is 9.83. The molecule has 3 heterocycles. The number of hydrogen-bond donors (Lipinski definition) is 0. The molecule has 0 N–H and O–H groups in total. The zero-order valence-corrected chi connectivity index (χ0v) is 17.5. The van der Waals surface area contributed by atoms with Gasteiger partial charge in [-0.15, -0.1) is 0 Å². The fourth-order valence-corrected chi connectivity index (χ4v) is 5.34. The Hall–Kier alpha value is -2.63. The number of carbonyl (C=O) groups is 2. The van der Waals surface area contributed by atoms with Gasteiger partial charge in [-0.1, -0.05) is 43.2 Å². The summed E-state index contributed by atoms with van der Waals surface area (Å²) < 4.78 is 1.67. The minimum Gasteiger partial charge on any atom is -0.335 e. The number of nitrogens with zero attached hydrogens (tertiary/aromatic N) is 4. The van der Waals surface area contributed by atoms with Crippen LogP contribution in [0.1, 0.15) is 68.0 Å². The number of benzene rings is 1. The van der Waals surface area contributed by atoms with Crippen molar-refractivity contribution in [1.29, 1.82) is 0 Å². The molecule has 154 valence electrons. The average Bonchev–Trinajstić information content (AvgIpc) is 3.24. The molecule has 1 aromatic carbocycles. The van der Waals surface area contributed by atoms with E-state index in [0.717, 1.165) is 44.2 Å². The van der Waals surface area contributed by atoms with Crippen LogP contribution in [-0.2, 0) is 11.8 Å². The molecule has 2 aliphatic rings. The molecule has 29 heavy (non-hydrogen) atoms. The molecule has 4 rings (SSSR count). The van der Waals surface area contributed by atoms with Crippen LogP contribution in [0.5, 0.6) is 0 Å². The molecule has 0 radical (unpaired) electrons. The fourth-order valence-electron chi connectivity index (χ4n) is 5.34. The normalized spacial score (nSPS) is 27.3. The summed E-state index contributed by atoms with van der Waals surface area (Å²) in [5.74, 6) is 0.0515. The number of hydrogen-bond acceptors (Lipinski definition) is 3. The zero-order valence-electron chi connectivity index (χ0n) is 17.5. The topological polar surface area (TPSA) is 58.4 Å². The summed E-state index contributed by atoms with van der Waals surface area (Å²) in [5, 5.41) is 4.38. The van der Waals surface area contributed by atoms with E-state index in [4.69, 9.17) is 0 Å². The molecule has 0 unspecified atom stereocenters. The van der Waals surface area contributed by atoms with Crippen LogP contribution in [0.4, 0.5) is 0 Å². The second-order valence-corrected chi connectivity index (χ2v) is 8.61. The van der Waals surface area contributed by atoms with Crippen molar-refractivity contribution < 1.29 is 9.59 Å². The van der Waals surface area contributed by atoms with Gasteiger partial charge in [-0.05, 0) is 37.8 Å². The Balaban J connectivity index is 1.81. The van der Waals surface area contributed by atoms with Gasteiger partial charge in [-0.2, -0.15) is 5.10 Å². The summed E-state index contributed by atoms with van der Waals surface area (Å²) in [4.78, 5) is 30.3. The van der Waals surface area contributed by atoms with Gasteiger partial charge >= 0.3 is 0 Å². The first-order valence-corrected chi connectivity index (χ1v) is 10.6. The van der Waals surface area contributed by atoms with Gasteiger partial charge < -0.3 is 9.80 Å². The van der Waals surface area contributed by atoms with Gasteiger partial charge in [0.15, 0.2) is 0 Å². The van der Waals surface area contributed by atoms with Crippen molar-refractivity contribution in [2.24, 2.45) is 7.05 Å². The Kier molecular flexibility index (Phi) is 5.19. The Bertz CT molecular complexity index is 893. The van der Waals surface area contributed by atoms with Crippen LogP contribution >= 0.6 is 0 Å². The van der Waals surface area contributed by atoms with E-state index in [2.05, 4.69) is 24.2 Å². The molecule has 6 nitrogen and oxygen atoms in total. The van der Waals surface area contributed by atoms with E-state index in [1.165, 1.54) is 0 Å². The SMILES string of the molecule is CC(=O)N1CCCCC[C@@H]2N(C(=O)c3ccn(C)n3)[C@H](c3ccccc3)C[C@@]21C. The van der Waals surface area contributed by atoms with Gasteiger partial charge in [-0.25, -0.2) is 0 Å². The number of rotatable bonds is 2. The highest BCUT2D eigenvalue weighted by Gasteiger charge is 2.55. The predicted molar refractivity (Wildman–Crippen MR) is 111 cm³/mol. The standard InChI is InChI=1S/C23H30N4O2/c1-17(28)26-14-9-5-8-12-21-23(26,2)16-20(18-10-6-4-7-11-18)27(21)22(29)19-13-15-25(3)24-19/h4,6-7,10-11,13,15,20-21H,5,8-9,12,14,16H2,1-3H3/t20-,21-,23-/m0/s1. The lowest BCUT2D eigenvalue weighted by Crippen LogP contribution is -2.58. The third-order valence-electron chi connectivity index (χ3n) is 6.70. The minimum absolute atomic E-state index is 0.0218. The van der Waals surface area contributed by atoms with Crippen LogP contribution in [-0.4, -0.2) is 49.5 Å². The van der Waals surface area contributed by atoms with Crippen molar-refractivity contribution in [3.05, 3.63) is 53.9 Å². The number of aryl methyl sites for hydroxylation is 1. The van der Waals surface area contributed by atoms with Crippen molar-refractivity contribution in [3.63, 3.8) is 0 Å². The third-order valence-corrected chi connectivity index (χ3v) is 6.70. The molecule has 2 aliphatic heterocycles. The predicted octanol–water partition coefficient (Wildman–Crippen LogP) is 3.56. The first-order valence-electron chi connectivity index (χ1n) is 10.6. The fraction of sp³-hybridized carbons (Fsp3) is 0.522. The molecule has 6 heteroatoms. The van der Waals surface area contributed by atoms with Crippen molar-refractivity contribution in [2.75, 3.05) is 6.54 Å². The van der Waals surface area contributed by atoms with Crippen LogP contribution in [0.3, 0.4) is 0 Å². The van der Waals surface area contributed by atoms with Crippen LogP contribution in [0.15, 0.2) is 42.6 Å². The lowest BCUT2D eigenvalue weighted by molar-refractivity contribution is -0.136. The maximum atomic E-state index is 13.7. The van der Waals surface area contributed by atoms with Crippen molar-refractivity contribution in [2.45, 2.75) is 63.6 Å². The summed E-state index contributed by atoms with van der Waals surface area (Å²) in [5.41, 5.74) is 1.21. The summed E-state index contributed by atoms with van der Waals surface area (Å²) >= 11 is 0. The molecular formula is C23H30N4O2. The summed E-state index contributed by atoms with van der Waals surface area (Å²) in [6.07, 6.45) is 6.63. The largest absolute Gasteiger partial charge is 0.335 e.